The molecule has 3 nitrogen and oxygen atoms in total. The molecule has 2 fully saturated rings. The lowest BCUT2D eigenvalue weighted by atomic mass is 9.79. The van der Waals surface area contributed by atoms with Crippen LogP contribution in [-0.2, 0) is 0 Å². The zero-order valence-corrected chi connectivity index (χ0v) is 15.1. The molecule has 0 saturated carbocycles. The Morgan fingerprint density at radius 2 is 1.52 bits per heavy atom. The molecule has 0 aromatic heterocycles. The summed E-state index contributed by atoms with van der Waals surface area (Å²) >= 11 is 0. The second kappa shape index (κ2) is 6.55. The minimum absolute atomic E-state index is 0.248. The predicted molar refractivity (Wildman–Crippen MR) is 91.8 cm³/mol. The first-order valence-electron chi connectivity index (χ1n) is 8.93. The predicted octanol–water partition coefficient (Wildman–Crippen LogP) is 3.01. The fraction of sp³-hybridized carbons (Fsp3) is 1.00. The molecule has 0 bridgehead atoms. The molecule has 0 radical (unpaired) electrons. The van der Waals surface area contributed by atoms with Crippen LogP contribution >= 0.6 is 0 Å². The van der Waals surface area contributed by atoms with E-state index in [1.165, 1.54) is 45.3 Å². The second-order valence-electron chi connectivity index (χ2n) is 9.13. The van der Waals surface area contributed by atoms with Gasteiger partial charge in [0.15, 0.2) is 0 Å². The minimum atomic E-state index is 0.248. The number of hydrogen-bond acceptors (Lipinski definition) is 3. The Balaban J connectivity index is 1.80. The summed E-state index contributed by atoms with van der Waals surface area (Å²) in [6, 6.07) is 1.39. The van der Waals surface area contributed by atoms with Gasteiger partial charge in [0.05, 0.1) is 0 Å². The molecule has 2 aliphatic heterocycles. The summed E-state index contributed by atoms with van der Waals surface area (Å²) in [6.07, 6.45) is 5.11. The van der Waals surface area contributed by atoms with Gasteiger partial charge < -0.3 is 15.5 Å². The summed E-state index contributed by atoms with van der Waals surface area (Å²) in [7, 11) is 0. The van der Waals surface area contributed by atoms with Gasteiger partial charge >= 0.3 is 0 Å². The zero-order chi connectivity index (χ0) is 15.7. The maximum atomic E-state index is 3.98. The third-order valence-corrected chi connectivity index (χ3v) is 4.87. The van der Waals surface area contributed by atoms with Crippen LogP contribution in [0.5, 0.6) is 0 Å². The average molecular weight is 296 g/mol. The Morgan fingerprint density at radius 1 is 1.00 bits per heavy atom. The highest BCUT2D eigenvalue weighted by Gasteiger charge is 2.38. The maximum Gasteiger partial charge on any atom is 0.0144 e. The Morgan fingerprint density at radius 3 is 2.00 bits per heavy atom. The number of piperidine rings is 2. The van der Waals surface area contributed by atoms with Crippen molar-refractivity contribution in [3.63, 3.8) is 0 Å². The van der Waals surface area contributed by atoms with E-state index in [0.29, 0.717) is 6.04 Å². The van der Waals surface area contributed by atoms with Gasteiger partial charge in [-0.05, 0) is 72.4 Å². The van der Waals surface area contributed by atoms with Gasteiger partial charge in [-0.2, -0.15) is 0 Å². The van der Waals surface area contributed by atoms with Crippen LogP contribution in [0.2, 0.25) is 0 Å². The van der Waals surface area contributed by atoms with Crippen LogP contribution in [-0.4, -0.2) is 47.7 Å². The molecule has 2 saturated heterocycles. The van der Waals surface area contributed by atoms with Crippen LogP contribution in [0.4, 0.5) is 0 Å². The monoisotopic (exact) mass is 295 g/mol. The van der Waals surface area contributed by atoms with Gasteiger partial charge in [-0.1, -0.05) is 13.8 Å². The van der Waals surface area contributed by atoms with Crippen molar-refractivity contribution in [3.8, 4) is 0 Å². The zero-order valence-electron chi connectivity index (χ0n) is 15.1. The van der Waals surface area contributed by atoms with E-state index in [1.807, 2.05) is 0 Å². The fourth-order valence-corrected chi connectivity index (χ4v) is 4.57. The molecule has 2 rings (SSSR count). The lowest BCUT2D eigenvalue weighted by molar-refractivity contribution is 0.121. The van der Waals surface area contributed by atoms with Crippen molar-refractivity contribution in [2.75, 3.05) is 19.6 Å². The molecular weight excluding hydrogens is 258 g/mol. The van der Waals surface area contributed by atoms with Gasteiger partial charge in [0.25, 0.3) is 0 Å². The number of likely N-dealkylation sites (tertiary alicyclic amines) is 1. The average Bonchev–Trinajstić information content (AvgIpc) is 2.26. The van der Waals surface area contributed by atoms with Crippen molar-refractivity contribution in [2.24, 2.45) is 5.92 Å². The van der Waals surface area contributed by atoms with E-state index >= 15 is 0 Å². The molecule has 0 amide bonds. The largest absolute Gasteiger partial charge is 0.311 e. The molecule has 0 spiro atoms. The Kier molecular flexibility index (Phi) is 5.38. The molecule has 0 aromatic carbocycles. The molecule has 0 atom stereocenters. The summed E-state index contributed by atoms with van der Waals surface area (Å²) in [4.78, 5) is 2.64. The van der Waals surface area contributed by atoms with E-state index in [0.717, 1.165) is 12.0 Å². The quantitative estimate of drug-likeness (QED) is 0.835. The first kappa shape index (κ1) is 17.2. The molecule has 2 aliphatic rings. The number of hydrogen-bond donors (Lipinski definition) is 2. The minimum Gasteiger partial charge on any atom is -0.311 e. The lowest BCUT2D eigenvalue weighted by Gasteiger charge is -2.48. The number of nitrogens with one attached hydrogen (secondary N) is 2. The second-order valence-corrected chi connectivity index (χ2v) is 9.13. The molecule has 0 aromatic rings. The van der Waals surface area contributed by atoms with E-state index < -0.39 is 0 Å². The summed E-state index contributed by atoms with van der Waals surface area (Å²) in [5.74, 6) is 0.792. The van der Waals surface area contributed by atoms with Crippen molar-refractivity contribution >= 4 is 0 Å². The standard InChI is InChI=1S/C18H37N3/c1-14(2)13-21-9-7-15(8-10-21)19-16-11-17(3,4)20-18(5,6)12-16/h14-16,19-20H,7-13H2,1-6H3. The molecule has 2 N–H and O–H groups in total. The van der Waals surface area contributed by atoms with Gasteiger partial charge in [-0.3, -0.25) is 0 Å². The Labute approximate surface area is 132 Å². The van der Waals surface area contributed by atoms with Crippen LogP contribution in [0.1, 0.15) is 67.2 Å². The smallest absolute Gasteiger partial charge is 0.0144 e. The van der Waals surface area contributed by atoms with E-state index in [4.69, 9.17) is 0 Å². The highest BCUT2D eigenvalue weighted by molar-refractivity contribution is 5.00. The van der Waals surface area contributed by atoms with Crippen LogP contribution < -0.4 is 10.6 Å². The molecule has 0 aliphatic carbocycles. The highest BCUT2D eigenvalue weighted by Crippen LogP contribution is 2.29. The Bertz CT molecular complexity index is 311. The summed E-state index contributed by atoms with van der Waals surface area (Å²) < 4.78 is 0. The summed E-state index contributed by atoms with van der Waals surface area (Å²) in [5, 5.41) is 7.76. The SMILES string of the molecule is CC(C)CN1CCC(NC2CC(C)(C)NC(C)(C)C2)CC1. The summed E-state index contributed by atoms with van der Waals surface area (Å²) in [6.45, 7) is 17.8. The van der Waals surface area contributed by atoms with Crippen molar-refractivity contribution in [3.05, 3.63) is 0 Å². The van der Waals surface area contributed by atoms with E-state index in [2.05, 4.69) is 57.1 Å². The molecule has 2 heterocycles. The van der Waals surface area contributed by atoms with Crippen LogP contribution in [0.3, 0.4) is 0 Å². The molecule has 21 heavy (non-hydrogen) atoms. The van der Waals surface area contributed by atoms with E-state index in [9.17, 15) is 0 Å². The van der Waals surface area contributed by atoms with Crippen LogP contribution in [0.25, 0.3) is 0 Å². The third-order valence-electron chi connectivity index (χ3n) is 4.87. The van der Waals surface area contributed by atoms with E-state index in [1.54, 1.807) is 0 Å². The van der Waals surface area contributed by atoms with Gasteiger partial charge in [-0.25, -0.2) is 0 Å². The molecule has 3 heteroatoms. The van der Waals surface area contributed by atoms with Crippen molar-refractivity contribution in [1.29, 1.82) is 0 Å². The topological polar surface area (TPSA) is 27.3 Å². The lowest BCUT2D eigenvalue weighted by Crippen LogP contribution is -2.63. The van der Waals surface area contributed by atoms with Gasteiger partial charge in [0.1, 0.15) is 0 Å². The first-order valence-corrected chi connectivity index (χ1v) is 8.93. The van der Waals surface area contributed by atoms with Crippen molar-refractivity contribution < 1.29 is 0 Å². The maximum absolute atomic E-state index is 3.98. The van der Waals surface area contributed by atoms with Crippen LogP contribution in [0, 0.1) is 5.92 Å². The normalized spacial score (nSPS) is 28.1. The third kappa shape index (κ3) is 5.54. The first-order chi connectivity index (χ1) is 9.65. The van der Waals surface area contributed by atoms with Crippen molar-refractivity contribution in [1.82, 2.24) is 15.5 Å². The van der Waals surface area contributed by atoms with Gasteiger partial charge in [0, 0.05) is 29.7 Å². The van der Waals surface area contributed by atoms with Crippen molar-refractivity contribution in [2.45, 2.75) is 90.4 Å². The summed E-state index contributed by atoms with van der Waals surface area (Å²) in [5.41, 5.74) is 0.496. The van der Waals surface area contributed by atoms with Crippen LogP contribution in [0.15, 0.2) is 0 Å². The molecule has 0 unspecified atom stereocenters. The van der Waals surface area contributed by atoms with E-state index in [-0.39, 0.29) is 11.1 Å². The molecular formula is C18H37N3. The van der Waals surface area contributed by atoms with Gasteiger partial charge in [-0.15, -0.1) is 0 Å². The molecule has 124 valence electrons. The van der Waals surface area contributed by atoms with Gasteiger partial charge in [0.2, 0.25) is 0 Å². The fourth-order valence-electron chi connectivity index (χ4n) is 4.57. The number of rotatable bonds is 4. The highest BCUT2D eigenvalue weighted by atomic mass is 15.2. The Hall–Kier alpha value is -0.120. The number of nitrogens with zero attached hydrogens (tertiary/aromatic N) is 1.